The Kier molecular flexibility index (Phi) is 3.45. The fraction of sp³-hybridized carbons (Fsp3) is 0.429. The van der Waals surface area contributed by atoms with Crippen LogP contribution in [0.3, 0.4) is 0 Å². The van der Waals surface area contributed by atoms with E-state index in [4.69, 9.17) is 9.31 Å². The van der Waals surface area contributed by atoms with E-state index in [1.165, 1.54) is 18.2 Å². The third kappa shape index (κ3) is 2.82. The minimum atomic E-state index is -0.507. The van der Waals surface area contributed by atoms with Gasteiger partial charge in [-0.25, -0.2) is 4.39 Å². The first-order chi connectivity index (χ1) is 8.71. The number of benzene rings is 1. The quantitative estimate of drug-likeness (QED) is 0.834. The largest absolute Gasteiger partial charge is 0.507 e. The van der Waals surface area contributed by atoms with Gasteiger partial charge < -0.3 is 14.4 Å². The van der Waals surface area contributed by atoms with Gasteiger partial charge in [0.2, 0.25) is 0 Å². The molecule has 2 rings (SSSR count). The van der Waals surface area contributed by atoms with Crippen LogP contribution in [0.15, 0.2) is 24.2 Å². The molecule has 19 heavy (non-hydrogen) atoms. The summed E-state index contributed by atoms with van der Waals surface area (Å²) in [5.74, 6) is 1.30. The van der Waals surface area contributed by atoms with Gasteiger partial charge in [-0.15, -0.1) is 0 Å². The van der Waals surface area contributed by atoms with Crippen LogP contribution in [0.25, 0.3) is 6.08 Å². The maximum absolute atomic E-state index is 13.1. The maximum atomic E-state index is 13.1. The zero-order valence-electron chi connectivity index (χ0n) is 11.6. The third-order valence-electron chi connectivity index (χ3n) is 3.69. The van der Waals surface area contributed by atoms with E-state index < -0.39 is 24.1 Å². The van der Waals surface area contributed by atoms with Crippen molar-refractivity contribution in [1.82, 2.24) is 0 Å². The number of halogens is 1. The monoisotopic (exact) mass is 264 g/mol. The van der Waals surface area contributed by atoms with Crippen molar-refractivity contribution in [3.8, 4) is 5.75 Å². The van der Waals surface area contributed by atoms with Gasteiger partial charge in [-0.05, 0) is 45.9 Å². The molecular weight excluding hydrogens is 246 g/mol. The minimum absolute atomic E-state index is 0.0224. The van der Waals surface area contributed by atoms with Gasteiger partial charge in [0.05, 0.1) is 11.2 Å². The highest BCUT2D eigenvalue weighted by Crippen LogP contribution is 2.37. The van der Waals surface area contributed by atoms with E-state index in [0.717, 1.165) is 0 Å². The summed E-state index contributed by atoms with van der Waals surface area (Å²) in [6.07, 6.45) is 1.60. The molecule has 1 aliphatic rings. The second-order valence-electron chi connectivity index (χ2n) is 5.69. The summed E-state index contributed by atoms with van der Waals surface area (Å²) < 4.78 is 24.6. The Labute approximate surface area is 113 Å². The summed E-state index contributed by atoms with van der Waals surface area (Å²) in [7, 11) is -0.507. The number of hydrogen-bond acceptors (Lipinski definition) is 3. The topological polar surface area (TPSA) is 38.7 Å². The first kappa shape index (κ1) is 14.1. The fourth-order valence-electron chi connectivity index (χ4n) is 1.81. The summed E-state index contributed by atoms with van der Waals surface area (Å²) in [5.41, 5.74) is -0.424. The minimum Gasteiger partial charge on any atom is -0.507 e. The molecule has 0 amide bonds. The van der Waals surface area contributed by atoms with Crippen LogP contribution in [0, 0.1) is 5.82 Å². The first-order valence-corrected chi connectivity index (χ1v) is 6.24. The van der Waals surface area contributed by atoms with Crippen molar-refractivity contribution in [2.45, 2.75) is 38.9 Å². The molecule has 0 aliphatic carbocycles. The number of rotatable bonds is 2. The second kappa shape index (κ2) is 4.65. The Bertz CT molecular complexity index is 495. The van der Waals surface area contributed by atoms with E-state index in [1.807, 2.05) is 27.7 Å². The summed E-state index contributed by atoms with van der Waals surface area (Å²) >= 11 is 0. The highest BCUT2D eigenvalue weighted by atomic mass is 19.1. The standard InChI is InChI=1S/C14H18BFO3/c1-13(2)14(3,4)19-15(18-13)8-7-10-9-11(16)5-6-12(10)17/h5-9,17H,1-4H3/b8-7+. The van der Waals surface area contributed by atoms with E-state index in [1.54, 1.807) is 12.1 Å². The molecule has 0 unspecified atom stereocenters. The van der Waals surface area contributed by atoms with E-state index in [0.29, 0.717) is 5.56 Å². The predicted molar refractivity (Wildman–Crippen MR) is 73.2 cm³/mol. The molecule has 0 radical (unpaired) electrons. The molecule has 1 aromatic rings. The van der Waals surface area contributed by atoms with Gasteiger partial charge in [0, 0.05) is 5.56 Å². The maximum Gasteiger partial charge on any atom is 0.487 e. The number of hydrogen-bond donors (Lipinski definition) is 1. The molecule has 1 aromatic carbocycles. The van der Waals surface area contributed by atoms with Crippen LogP contribution in [0.4, 0.5) is 4.39 Å². The normalized spacial score (nSPS) is 21.2. The van der Waals surface area contributed by atoms with Crippen molar-refractivity contribution >= 4 is 13.2 Å². The summed E-state index contributed by atoms with van der Waals surface area (Å²) in [5, 5.41) is 9.61. The lowest BCUT2D eigenvalue weighted by Gasteiger charge is -2.32. The average Bonchev–Trinajstić information content (AvgIpc) is 2.49. The van der Waals surface area contributed by atoms with E-state index >= 15 is 0 Å². The molecule has 1 fully saturated rings. The molecule has 3 nitrogen and oxygen atoms in total. The van der Waals surface area contributed by atoms with Crippen molar-refractivity contribution in [3.05, 3.63) is 35.6 Å². The Morgan fingerprint density at radius 2 is 1.74 bits per heavy atom. The molecule has 1 aliphatic heterocycles. The molecule has 1 heterocycles. The Hall–Kier alpha value is -1.33. The molecule has 102 valence electrons. The molecule has 1 N–H and O–H groups in total. The SMILES string of the molecule is CC1(C)OB(/C=C/c2cc(F)ccc2O)OC1(C)C. The summed E-state index contributed by atoms with van der Waals surface area (Å²) in [6, 6.07) is 3.79. The van der Waals surface area contributed by atoms with Gasteiger partial charge in [0.1, 0.15) is 11.6 Å². The van der Waals surface area contributed by atoms with Crippen LogP contribution in [0.5, 0.6) is 5.75 Å². The second-order valence-corrected chi connectivity index (χ2v) is 5.69. The van der Waals surface area contributed by atoms with E-state index in [9.17, 15) is 9.50 Å². The van der Waals surface area contributed by atoms with Crippen molar-refractivity contribution in [1.29, 1.82) is 0 Å². The van der Waals surface area contributed by atoms with Crippen molar-refractivity contribution in [3.63, 3.8) is 0 Å². The highest BCUT2D eigenvalue weighted by Gasteiger charge is 2.49. The van der Waals surface area contributed by atoms with Crippen molar-refractivity contribution in [2.75, 3.05) is 0 Å². The molecule has 0 bridgehead atoms. The predicted octanol–water partition coefficient (Wildman–Crippen LogP) is 3.18. The van der Waals surface area contributed by atoms with Crippen LogP contribution >= 0.6 is 0 Å². The van der Waals surface area contributed by atoms with Gasteiger partial charge in [0.25, 0.3) is 0 Å². The fourth-order valence-corrected chi connectivity index (χ4v) is 1.81. The molecular formula is C14H18BFO3. The molecule has 0 saturated carbocycles. The Morgan fingerprint density at radius 3 is 2.32 bits per heavy atom. The van der Waals surface area contributed by atoms with Gasteiger partial charge in [-0.2, -0.15) is 0 Å². The van der Waals surface area contributed by atoms with E-state index in [2.05, 4.69) is 0 Å². The third-order valence-corrected chi connectivity index (χ3v) is 3.69. The number of aromatic hydroxyl groups is 1. The van der Waals surface area contributed by atoms with Gasteiger partial charge in [-0.3, -0.25) is 0 Å². The van der Waals surface area contributed by atoms with Gasteiger partial charge in [-0.1, -0.05) is 12.1 Å². The molecule has 1 saturated heterocycles. The summed E-state index contributed by atoms with van der Waals surface area (Å²) in [4.78, 5) is 0. The zero-order valence-corrected chi connectivity index (χ0v) is 11.6. The Balaban J connectivity index is 2.15. The average molecular weight is 264 g/mol. The molecule has 0 atom stereocenters. The van der Waals surface area contributed by atoms with Crippen LogP contribution in [0.2, 0.25) is 0 Å². The Morgan fingerprint density at radius 1 is 1.16 bits per heavy atom. The summed E-state index contributed by atoms with van der Waals surface area (Å²) in [6.45, 7) is 7.84. The van der Waals surface area contributed by atoms with Crippen LogP contribution in [0.1, 0.15) is 33.3 Å². The van der Waals surface area contributed by atoms with Crippen LogP contribution < -0.4 is 0 Å². The molecule has 0 spiro atoms. The van der Waals surface area contributed by atoms with Crippen molar-refractivity contribution in [2.24, 2.45) is 0 Å². The van der Waals surface area contributed by atoms with Crippen molar-refractivity contribution < 1.29 is 18.8 Å². The first-order valence-electron chi connectivity index (χ1n) is 6.24. The van der Waals surface area contributed by atoms with E-state index in [-0.39, 0.29) is 5.75 Å². The van der Waals surface area contributed by atoms with Crippen LogP contribution in [-0.4, -0.2) is 23.4 Å². The smallest absolute Gasteiger partial charge is 0.487 e. The lowest BCUT2D eigenvalue weighted by molar-refractivity contribution is 0.00578. The lowest BCUT2D eigenvalue weighted by Crippen LogP contribution is -2.41. The molecule has 0 aromatic heterocycles. The van der Waals surface area contributed by atoms with Gasteiger partial charge >= 0.3 is 7.12 Å². The number of phenols is 1. The number of phenolic OH excluding ortho intramolecular Hbond substituents is 1. The van der Waals surface area contributed by atoms with Gasteiger partial charge in [0.15, 0.2) is 0 Å². The zero-order chi connectivity index (χ0) is 14.3. The highest BCUT2D eigenvalue weighted by molar-refractivity contribution is 6.52. The lowest BCUT2D eigenvalue weighted by atomic mass is 9.89. The molecule has 5 heteroatoms. The van der Waals surface area contributed by atoms with Crippen LogP contribution in [-0.2, 0) is 9.31 Å².